The molecule has 0 saturated carbocycles. The number of hydrogen-bond acceptors (Lipinski definition) is 5. The molecule has 160 valence electrons. The largest absolute Gasteiger partial charge is 0.317 e. The Labute approximate surface area is 185 Å². The number of nitrogens with one attached hydrogen (secondary N) is 1. The number of carbonyl (C=O) groups excluding carboxylic acids is 2. The second-order valence-corrected chi connectivity index (χ2v) is 11.4. The molecular weight excluding hydrogens is 444 g/mol. The minimum absolute atomic E-state index is 0.122. The second-order valence-electron chi connectivity index (χ2n) is 7.85. The summed E-state index contributed by atoms with van der Waals surface area (Å²) < 4.78 is 25.1. The van der Waals surface area contributed by atoms with Gasteiger partial charge >= 0.3 is 0 Å². The Bertz CT molecular complexity index is 1090. The van der Waals surface area contributed by atoms with Gasteiger partial charge in [-0.3, -0.25) is 9.59 Å². The molecule has 0 radical (unpaired) electrons. The van der Waals surface area contributed by atoms with Gasteiger partial charge in [0.25, 0.3) is 0 Å². The summed E-state index contributed by atoms with van der Waals surface area (Å²) in [6.07, 6.45) is 5.16. The standard InChI is InChI=1S/C21H23ClN2O4S2/c1-30(27,28)24-11-3-4-14(12-24)20(26)23-21-18(16-5-2-6-17(16)29-21)19(25)13-7-9-15(22)10-8-13/h7-10,14H,2-6,11-12H2,1H3,(H,23,26). The number of halogens is 1. The molecule has 2 aromatic rings. The van der Waals surface area contributed by atoms with E-state index in [1.54, 1.807) is 24.3 Å². The van der Waals surface area contributed by atoms with Crippen molar-refractivity contribution in [3.63, 3.8) is 0 Å². The number of fused-ring (bicyclic) bond motifs is 1. The first-order valence-corrected chi connectivity index (χ1v) is 13.0. The molecule has 30 heavy (non-hydrogen) atoms. The number of benzene rings is 1. The van der Waals surface area contributed by atoms with Gasteiger partial charge in [-0.05, 0) is 61.9 Å². The number of thiophene rings is 1. The molecule has 0 bridgehead atoms. The Morgan fingerprint density at radius 1 is 1.17 bits per heavy atom. The van der Waals surface area contributed by atoms with E-state index in [0.29, 0.717) is 40.5 Å². The Kier molecular flexibility index (Phi) is 6.03. The third kappa shape index (κ3) is 4.32. The molecule has 1 atom stereocenters. The first kappa shape index (κ1) is 21.5. The van der Waals surface area contributed by atoms with Crippen LogP contribution in [0.15, 0.2) is 24.3 Å². The monoisotopic (exact) mass is 466 g/mol. The average molecular weight is 467 g/mol. The van der Waals surface area contributed by atoms with Gasteiger partial charge in [0.1, 0.15) is 5.00 Å². The van der Waals surface area contributed by atoms with Gasteiger partial charge < -0.3 is 5.32 Å². The van der Waals surface area contributed by atoms with E-state index in [2.05, 4.69) is 5.32 Å². The number of ketones is 1. The Balaban J connectivity index is 1.60. The van der Waals surface area contributed by atoms with Crippen LogP contribution in [0.2, 0.25) is 5.02 Å². The molecule has 2 aliphatic rings. The van der Waals surface area contributed by atoms with Crippen LogP contribution in [-0.2, 0) is 27.7 Å². The number of sulfonamides is 1. The van der Waals surface area contributed by atoms with Crippen LogP contribution < -0.4 is 5.32 Å². The van der Waals surface area contributed by atoms with Gasteiger partial charge in [-0.2, -0.15) is 0 Å². The van der Waals surface area contributed by atoms with Gasteiger partial charge in [0.15, 0.2) is 5.78 Å². The summed E-state index contributed by atoms with van der Waals surface area (Å²) in [7, 11) is -3.33. The van der Waals surface area contributed by atoms with E-state index in [1.165, 1.54) is 21.9 Å². The molecule has 1 aromatic heterocycles. The Morgan fingerprint density at radius 2 is 1.90 bits per heavy atom. The topological polar surface area (TPSA) is 83.6 Å². The zero-order chi connectivity index (χ0) is 21.5. The van der Waals surface area contributed by atoms with Crippen molar-refractivity contribution in [3.8, 4) is 0 Å². The molecule has 2 heterocycles. The lowest BCUT2D eigenvalue weighted by Crippen LogP contribution is -2.43. The maximum Gasteiger partial charge on any atom is 0.229 e. The minimum Gasteiger partial charge on any atom is -0.317 e. The highest BCUT2D eigenvalue weighted by molar-refractivity contribution is 7.88. The molecule has 1 aliphatic heterocycles. The van der Waals surface area contributed by atoms with Crippen LogP contribution in [0.1, 0.15) is 45.6 Å². The van der Waals surface area contributed by atoms with E-state index in [4.69, 9.17) is 11.6 Å². The highest BCUT2D eigenvalue weighted by atomic mass is 35.5. The summed E-state index contributed by atoms with van der Waals surface area (Å²) >= 11 is 7.41. The van der Waals surface area contributed by atoms with Crippen LogP contribution in [0.4, 0.5) is 5.00 Å². The van der Waals surface area contributed by atoms with Crippen molar-refractivity contribution in [1.29, 1.82) is 0 Å². The molecule has 1 aliphatic carbocycles. The fourth-order valence-electron chi connectivity index (χ4n) is 4.15. The number of nitrogens with zero attached hydrogens (tertiary/aromatic N) is 1. The van der Waals surface area contributed by atoms with E-state index >= 15 is 0 Å². The van der Waals surface area contributed by atoms with E-state index < -0.39 is 15.9 Å². The van der Waals surface area contributed by atoms with Gasteiger partial charge in [-0.15, -0.1) is 11.3 Å². The van der Waals surface area contributed by atoms with Crippen molar-refractivity contribution in [2.75, 3.05) is 24.7 Å². The first-order valence-electron chi connectivity index (χ1n) is 9.95. The number of carbonyl (C=O) groups is 2. The number of aryl methyl sites for hydroxylation is 1. The van der Waals surface area contributed by atoms with Gasteiger partial charge in [-0.25, -0.2) is 12.7 Å². The summed E-state index contributed by atoms with van der Waals surface area (Å²) in [6.45, 7) is 0.617. The van der Waals surface area contributed by atoms with Gasteiger partial charge in [-0.1, -0.05) is 11.6 Å². The van der Waals surface area contributed by atoms with Crippen molar-refractivity contribution >= 4 is 49.7 Å². The molecule has 9 heteroatoms. The Hall–Kier alpha value is -1.74. The number of hydrogen-bond donors (Lipinski definition) is 1. The van der Waals surface area contributed by atoms with Gasteiger partial charge in [0, 0.05) is 28.6 Å². The fourth-order valence-corrected chi connectivity index (χ4v) is 6.48. The first-order chi connectivity index (χ1) is 14.2. The third-order valence-electron chi connectivity index (χ3n) is 5.72. The quantitative estimate of drug-likeness (QED) is 0.680. The highest BCUT2D eigenvalue weighted by Crippen LogP contribution is 2.40. The summed E-state index contributed by atoms with van der Waals surface area (Å²) in [5, 5.41) is 4.08. The minimum atomic E-state index is -3.33. The van der Waals surface area contributed by atoms with E-state index in [1.807, 2.05) is 0 Å². The molecule has 1 fully saturated rings. The number of anilines is 1. The second kappa shape index (κ2) is 8.42. The SMILES string of the molecule is CS(=O)(=O)N1CCCC(C(=O)Nc2sc3c(c2C(=O)c2ccc(Cl)cc2)CCC3)C1. The zero-order valence-corrected chi connectivity index (χ0v) is 19.0. The molecule has 6 nitrogen and oxygen atoms in total. The molecule has 1 N–H and O–H groups in total. The maximum absolute atomic E-state index is 13.3. The van der Waals surface area contributed by atoms with E-state index in [0.717, 1.165) is 29.7 Å². The van der Waals surface area contributed by atoms with Crippen LogP contribution >= 0.6 is 22.9 Å². The Morgan fingerprint density at radius 3 is 2.60 bits per heavy atom. The smallest absolute Gasteiger partial charge is 0.229 e. The van der Waals surface area contributed by atoms with Crippen molar-refractivity contribution in [2.45, 2.75) is 32.1 Å². The zero-order valence-electron chi connectivity index (χ0n) is 16.6. The molecule has 1 amide bonds. The lowest BCUT2D eigenvalue weighted by molar-refractivity contribution is -0.120. The molecule has 1 unspecified atom stereocenters. The van der Waals surface area contributed by atoms with Crippen molar-refractivity contribution < 1.29 is 18.0 Å². The van der Waals surface area contributed by atoms with Crippen LogP contribution in [0, 0.1) is 5.92 Å². The molecule has 0 spiro atoms. The van der Waals surface area contributed by atoms with Gasteiger partial charge in [0.2, 0.25) is 15.9 Å². The number of amides is 1. The average Bonchev–Trinajstić information content (AvgIpc) is 3.28. The van der Waals surface area contributed by atoms with Gasteiger partial charge in [0.05, 0.1) is 17.7 Å². The van der Waals surface area contributed by atoms with Crippen LogP contribution in [0.5, 0.6) is 0 Å². The summed E-state index contributed by atoms with van der Waals surface area (Å²) in [5.74, 6) is -0.778. The summed E-state index contributed by atoms with van der Waals surface area (Å²) in [6, 6.07) is 6.75. The molecule has 1 aromatic carbocycles. The third-order valence-corrected chi connectivity index (χ3v) is 8.44. The highest BCUT2D eigenvalue weighted by Gasteiger charge is 2.33. The predicted molar refractivity (Wildman–Crippen MR) is 119 cm³/mol. The van der Waals surface area contributed by atoms with Crippen molar-refractivity contribution in [3.05, 3.63) is 50.9 Å². The number of piperidine rings is 1. The lowest BCUT2D eigenvalue weighted by atomic mass is 9.98. The fraction of sp³-hybridized carbons (Fsp3) is 0.429. The van der Waals surface area contributed by atoms with E-state index in [9.17, 15) is 18.0 Å². The van der Waals surface area contributed by atoms with Crippen LogP contribution in [-0.4, -0.2) is 43.8 Å². The number of rotatable bonds is 5. The lowest BCUT2D eigenvalue weighted by Gasteiger charge is -2.30. The van der Waals surface area contributed by atoms with Crippen LogP contribution in [0.3, 0.4) is 0 Å². The normalized spacial score (nSPS) is 19.5. The van der Waals surface area contributed by atoms with Crippen molar-refractivity contribution in [1.82, 2.24) is 4.31 Å². The van der Waals surface area contributed by atoms with E-state index in [-0.39, 0.29) is 18.2 Å². The predicted octanol–water partition coefficient (Wildman–Crippen LogP) is 3.73. The summed E-state index contributed by atoms with van der Waals surface area (Å²) in [5.41, 5.74) is 2.12. The van der Waals surface area contributed by atoms with Crippen molar-refractivity contribution in [2.24, 2.45) is 5.92 Å². The summed E-state index contributed by atoms with van der Waals surface area (Å²) in [4.78, 5) is 27.4. The molecule has 4 rings (SSSR count). The van der Waals surface area contributed by atoms with Crippen LogP contribution in [0.25, 0.3) is 0 Å². The molecule has 1 saturated heterocycles. The maximum atomic E-state index is 13.3. The molecular formula is C21H23ClN2O4S2.